The number of hydrogen-bond acceptors (Lipinski definition) is 2. The van der Waals surface area contributed by atoms with Crippen LogP contribution >= 0.6 is 0 Å². The lowest BCUT2D eigenvalue weighted by Crippen LogP contribution is -2.34. The van der Waals surface area contributed by atoms with Crippen molar-refractivity contribution >= 4 is 0 Å². The average molecular weight is 251 g/mol. The van der Waals surface area contributed by atoms with E-state index in [1.165, 1.54) is 5.56 Å². The molecule has 0 saturated heterocycles. The highest BCUT2D eigenvalue weighted by molar-refractivity contribution is 5.25. The quantitative estimate of drug-likeness (QED) is 0.806. The molecular formula is C16H29NO. The van der Waals surface area contributed by atoms with Gasteiger partial charge in [-0.15, -0.1) is 0 Å². The van der Waals surface area contributed by atoms with Gasteiger partial charge in [0, 0.05) is 11.6 Å². The lowest BCUT2D eigenvalue weighted by Gasteiger charge is -2.34. The molecule has 1 heterocycles. The summed E-state index contributed by atoms with van der Waals surface area (Å²) in [6.07, 6.45) is 0. The predicted octanol–water partition coefficient (Wildman–Crippen LogP) is 4.48. The first-order valence-electron chi connectivity index (χ1n) is 7.18. The molecule has 1 rings (SSSR count). The molecule has 1 unspecified atom stereocenters. The monoisotopic (exact) mass is 251 g/mol. The van der Waals surface area contributed by atoms with Gasteiger partial charge in [0.15, 0.2) is 0 Å². The van der Waals surface area contributed by atoms with E-state index in [1.807, 2.05) is 6.92 Å². The van der Waals surface area contributed by atoms with Crippen LogP contribution in [-0.2, 0) is 0 Å². The molecule has 0 aliphatic rings. The van der Waals surface area contributed by atoms with Crippen molar-refractivity contribution in [2.75, 3.05) is 6.54 Å². The van der Waals surface area contributed by atoms with E-state index in [0.29, 0.717) is 23.8 Å². The van der Waals surface area contributed by atoms with E-state index in [0.717, 1.165) is 18.1 Å². The van der Waals surface area contributed by atoms with Crippen LogP contribution in [0.15, 0.2) is 10.5 Å². The van der Waals surface area contributed by atoms with Gasteiger partial charge >= 0.3 is 0 Å². The minimum atomic E-state index is 0.396. The molecule has 0 radical (unpaired) electrons. The fraction of sp³-hybridized carbons (Fsp3) is 0.750. The normalized spacial score (nSPS) is 13.9. The van der Waals surface area contributed by atoms with Gasteiger partial charge in [-0.25, -0.2) is 0 Å². The zero-order valence-electron chi connectivity index (χ0n) is 13.0. The highest BCUT2D eigenvalue weighted by Crippen LogP contribution is 2.36. The Bertz CT molecular complexity index is 357. The van der Waals surface area contributed by atoms with Crippen LogP contribution in [0.3, 0.4) is 0 Å². The van der Waals surface area contributed by atoms with Crippen LogP contribution in [-0.4, -0.2) is 6.54 Å². The summed E-state index contributed by atoms with van der Waals surface area (Å²) in [5, 5.41) is 3.66. The van der Waals surface area contributed by atoms with Gasteiger partial charge in [-0.2, -0.15) is 0 Å². The lowest BCUT2D eigenvalue weighted by atomic mass is 9.77. The Morgan fingerprint density at radius 3 is 2.00 bits per heavy atom. The molecule has 104 valence electrons. The summed E-state index contributed by atoms with van der Waals surface area (Å²) in [6, 6.07) is 2.59. The first-order valence-corrected chi connectivity index (χ1v) is 7.18. The summed E-state index contributed by atoms with van der Waals surface area (Å²) < 4.78 is 5.71. The fourth-order valence-corrected chi connectivity index (χ4v) is 3.17. The minimum Gasteiger partial charge on any atom is -0.466 e. The van der Waals surface area contributed by atoms with Crippen LogP contribution in [0.5, 0.6) is 0 Å². The summed E-state index contributed by atoms with van der Waals surface area (Å²) in [5.41, 5.74) is 1.33. The van der Waals surface area contributed by atoms with E-state index in [-0.39, 0.29) is 0 Å². The van der Waals surface area contributed by atoms with Gasteiger partial charge in [-0.05, 0) is 44.2 Å². The number of rotatable bonds is 6. The van der Waals surface area contributed by atoms with Crippen molar-refractivity contribution < 1.29 is 4.42 Å². The molecule has 2 nitrogen and oxygen atoms in total. The Kier molecular flexibility index (Phi) is 5.46. The molecule has 0 spiro atoms. The van der Waals surface area contributed by atoms with Crippen LogP contribution in [0.25, 0.3) is 0 Å². The van der Waals surface area contributed by atoms with Gasteiger partial charge in [0.05, 0.1) is 0 Å². The van der Waals surface area contributed by atoms with Gasteiger partial charge in [-0.1, -0.05) is 34.6 Å². The van der Waals surface area contributed by atoms with Gasteiger partial charge in [0.2, 0.25) is 0 Å². The molecule has 0 aliphatic heterocycles. The third-order valence-electron chi connectivity index (χ3n) is 3.76. The number of aryl methyl sites for hydroxylation is 2. The minimum absolute atomic E-state index is 0.396. The molecule has 1 aromatic heterocycles. The molecule has 0 fully saturated rings. The Morgan fingerprint density at radius 1 is 1.11 bits per heavy atom. The molecule has 2 heteroatoms. The van der Waals surface area contributed by atoms with E-state index in [2.05, 4.69) is 52.9 Å². The molecule has 1 aromatic rings. The maximum absolute atomic E-state index is 5.71. The van der Waals surface area contributed by atoms with Gasteiger partial charge in [0.25, 0.3) is 0 Å². The average Bonchev–Trinajstić information content (AvgIpc) is 2.55. The largest absolute Gasteiger partial charge is 0.466 e. The SMILES string of the molecule is CCNC(c1cc(C)oc1C)C(C(C)C)C(C)C. The Hall–Kier alpha value is -0.760. The second-order valence-corrected chi connectivity index (χ2v) is 5.97. The highest BCUT2D eigenvalue weighted by Gasteiger charge is 2.30. The van der Waals surface area contributed by atoms with E-state index in [9.17, 15) is 0 Å². The summed E-state index contributed by atoms with van der Waals surface area (Å²) in [5.74, 6) is 4.01. The van der Waals surface area contributed by atoms with Crippen molar-refractivity contribution in [1.29, 1.82) is 0 Å². The van der Waals surface area contributed by atoms with Gasteiger partial charge in [-0.3, -0.25) is 0 Å². The maximum Gasteiger partial charge on any atom is 0.105 e. The molecule has 18 heavy (non-hydrogen) atoms. The van der Waals surface area contributed by atoms with Crippen molar-refractivity contribution in [3.63, 3.8) is 0 Å². The van der Waals surface area contributed by atoms with Crippen molar-refractivity contribution in [2.24, 2.45) is 17.8 Å². The zero-order chi connectivity index (χ0) is 13.9. The Labute approximate surface area is 112 Å². The molecule has 0 saturated carbocycles. The first kappa shape index (κ1) is 15.3. The van der Waals surface area contributed by atoms with E-state index >= 15 is 0 Å². The summed E-state index contributed by atoms with van der Waals surface area (Å²) >= 11 is 0. The lowest BCUT2D eigenvalue weighted by molar-refractivity contribution is 0.210. The summed E-state index contributed by atoms with van der Waals surface area (Å²) in [6.45, 7) is 16.5. The van der Waals surface area contributed by atoms with E-state index in [4.69, 9.17) is 4.42 Å². The van der Waals surface area contributed by atoms with Crippen LogP contribution in [0.2, 0.25) is 0 Å². The predicted molar refractivity (Wildman–Crippen MR) is 77.8 cm³/mol. The molecule has 1 N–H and O–H groups in total. The standard InChI is InChI=1S/C16H29NO/c1-8-17-16(15(10(2)3)11(4)5)14-9-12(6)18-13(14)7/h9-11,15-17H,8H2,1-7H3. The fourth-order valence-electron chi connectivity index (χ4n) is 3.17. The molecular weight excluding hydrogens is 222 g/mol. The molecule has 0 amide bonds. The number of hydrogen-bond donors (Lipinski definition) is 1. The summed E-state index contributed by atoms with van der Waals surface area (Å²) in [4.78, 5) is 0. The molecule has 1 atom stereocenters. The van der Waals surface area contributed by atoms with Crippen LogP contribution in [0, 0.1) is 31.6 Å². The van der Waals surface area contributed by atoms with Crippen LogP contribution < -0.4 is 5.32 Å². The third kappa shape index (κ3) is 3.38. The van der Waals surface area contributed by atoms with Crippen molar-refractivity contribution in [3.05, 3.63) is 23.2 Å². The third-order valence-corrected chi connectivity index (χ3v) is 3.76. The Balaban J connectivity index is 3.11. The van der Waals surface area contributed by atoms with Crippen LogP contribution in [0.1, 0.15) is 57.7 Å². The van der Waals surface area contributed by atoms with Crippen molar-refractivity contribution in [3.8, 4) is 0 Å². The van der Waals surface area contributed by atoms with Gasteiger partial charge in [0.1, 0.15) is 11.5 Å². The maximum atomic E-state index is 5.71. The van der Waals surface area contributed by atoms with Crippen LogP contribution in [0.4, 0.5) is 0 Å². The Morgan fingerprint density at radius 2 is 1.67 bits per heavy atom. The second-order valence-electron chi connectivity index (χ2n) is 5.97. The van der Waals surface area contributed by atoms with Crippen molar-refractivity contribution in [1.82, 2.24) is 5.32 Å². The van der Waals surface area contributed by atoms with E-state index < -0.39 is 0 Å². The number of furan rings is 1. The zero-order valence-corrected chi connectivity index (χ0v) is 13.0. The van der Waals surface area contributed by atoms with Crippen molar-refractivity contribution in [2.45, 2.75) is 54.5 Å². The topological polar surface area (TPSA) is 25.2 Å². The smallest absolute Gasteiger partial charge is 0.105 e. The molecule has 0 aromatic carbocycles. The number of nitrogens with one attached hydrogen (secondary N) is 1. The van der Waals surface area contributed by atoms with E-state index in [1.54, 1.807) is 0 Å². The molecule has 0 bridgehead atoms. The summed E-state index contributed by atoms with van der Waals surface area (Å²) in [7, 11) is 0. The highest BCUT2D eigenvalue weighted by atomic mass is 16.3. The first-order chi connectivity index (χ1) is 8.38. The van der Waals surface area contributed by atoms with Gasteiger partial charge < -0.3 is 9.73 Å². The molecule has 0 aliphatic carbocycles. The second kappa shape index (κ2) is 6.42.